The van der Waals surface area contributed by atoms with Gasteiger partial charge in [0, 0.05) is 0 Å². The van der Waals surface area contributed by atoms with Gasteiger partial charge in [-0.1, -0.05) is 113 Å². The van der Waals surface area contributed by atoms with E-state index in [9.17, 15) is 0 Å². The topological polar surface area (TPSA) is 0 Å². The van der Waals surface area contributed by atoms with Crippen molar-refractivity contribution in [3.63, 3.8) is 0 Å². The summed E-state index contributed by atoms with van der Waals surface area (Å²) in [5.74, 6) is 0. The van der Waals surface area contributed by atoms with Crippen LogP contribution in [0.2, 0.25) is 0 Å². The average Bonchev–Trinajstić information content (AvgIpc) is 3.05. The average molecular weight is 353 g/mol. The lowest BCUT2D eigenvalue weighted by Gasteiger charge is -2.22. The van der Waals surface area contributed by atoms with E-state index >= 15 is 0 Å². The first-order valence-corrected chi connectivity index (χ1v) is 11.0. The fourth-order valence-electron chi connectivity index (χ4n) is 4.04. The summed E-state index contributed by atoms with van der Waals surface area (Å²) in [6.07, 6.45) is 3.46. The van der Waals surface area contributed by atoms with Crippen molar-refractivity contribution in [2.75, 3.05) is 0 Å². The van der Waals surface area contributed by atoms with Crippen molar-refractivity contribution in [1.82, 2.24) is 0 Å². The molecule has 1 aliphatic carbocycles. The Hall–Kier alpha value is -2.64. The first-order valence-electron chi connectivity index (χ1n) is 9.31. The molecule has 1 heteroatoms. The van der Waals surface area contributed by atoms with Gasteiger partial charge in [-0.15, -0.1) is 0 Å². The Balaban J connectivity index is 1.93. The quantitative estimate of drug-likeness (QED) is 0.598. The van der Waals surface area contributed by atoms with Crippen LogP contribution in [0.3, 0.4) is 0 Å². The molecule has 0 heterocycles. The highest BCUT2D eigenvalue weighted by Gasteiger charge is 2.28. The maximum absolute atomic E-state index is 2.42. The third-order valence-electron chi connectivity index (χ3n) is 5.28. The van der Waals surface area contributed by atoms with Crippen LogP contribution in [0.4, 0.5) is 0 Å². The summed E-state index contributed by atoms with van der Waals surface area (Å²) in [5, 5.41) is 4.59. The van der Waals surface area contributed by atoms with Crippen LogP contribution in [0.5, 0.6) is 0 Å². The summed E-state index contributed by atoms with van der Waals surface area (Å²) in [5.41, 5.74) is 5.70. The minimum absolute atomic E-state index is 1.05. The standard InChI is InChI=1S/C25H24Si/c1-19-10-9-11-21(18-19)24-17-16-20(2)25(24)26(22-12-5-3-6-13-22)23-14-7-4-8-15-23/h3-16,18,26H,17H2,1-2H3. The van der Waals surface area contributed by atoms with Gasteiger partial charge in [0.05, 0.1) is 0 Å². The van der Waals surface area contributed by atoms with E-state index in [1.54, 1.807) is 5.20 Å². The third-order valence-corrected chi connectivity index (χ3v) is 8.77. The van der Waals surface area contributed by atoms with E-state index in [4.69, 9.17) is 0 Å². The van der Waals surface area contributed by atoms with Crippen molar-refractivity contribution < 1.29 is 0 Å². The number of rotatable bonds is 4. The first kappa shape index (κ1) is 16.8. The Kier molecular flexibility index (Phi) is 4.72. The molecule has 0 N–H and O–H groups in total. The fraction of sp³-hybridized carbons (Fsp3) is 0.120. The van der Waals surface area contributed by atoms with E-state index in [0.29, 0.717) is 0 Å². The largest absolute Gasteiger partial charge is 0.133 e. The van der Waals surface area contributed by atoms with Gasteiger partial charge < -0.3 is 0 Å². The van der Waals surface area contributed by atoms with E-state index < -0.39 is 8.80 Å². The predicted octanol–water partition coefficient (Wildman–Crippen LogP) is 4.68. The van der Waals surface area contributed by atoms with Crippen LogP contribution in [0.15, 0.2) is 102 Å². The highest BCUT2D eigenvalue weighted by Crippen LogP contribution is 2.35. The molecule has 0 nitrogen and oxygen atoms in total. The molecular weight excluding hydrogens is 328 g/mol. The lowest BCUT2D eigenvalue weighted by molar-refractivity contribution is 1.38. The second-order valence-corrected chi connectivity index (χ2v) is 9.88. The second-order valence-electron chi connectivity index (χ2n) is 7.11. The SMILES string of the molecule is CC1=CCC(c2cccc(C)c2)=C1[SiH](c1ccccc1)c1ccccc1. The number of allylic oxidation sites excluding steroid dienone is 4. The van der Waals surface area contributed by atoms with Crippen LogP contribution in [0.1, 0.15) is 24.5 Å². The maximum Gasteiger partial charge on any atom is 0.133 e. The molecule has 3 aromatic carbocycles. The van der Waals surface area contributed by atoms with Gasteiger partial charge in [-0.25, -0.2) is 0 Å². The van der Waals surface area contributed by atoms with Crippen molar-refractivity contribution in [2.24, 2.45) is 0 Å². The van der Waals surface area contributed by atoms with Gasteiger partial charge in [-0.3, -0.25) is 0 Å². The lowest BCUT2D eigenvalue weighted by Crippen LogP contribution is -2.44. The Morgan fingerprint density at radius 3 is 1.88 bits per heavy atom. The molecule has 3 aromatic rings. The molecular formula is C25H24Si. The summed E-state index contributed by atoms with van der Waals surface area (Å²) in [7, 11) is -1.49. The maximum atomic E-state index is 2.42. The molecule has 0 spiro atoms. The molecule has 0 radical (unpaired) electrons. The van der Waals surface area contributed by atoms with Gasteiger partial charge >= 0.3 is 0 Å². The van der Waals surface area contributed by atoms with Gasteiger partial charge in [0.25, 0.3) is 0 Å². The molecule has 4 rings (SSSR count). The lowest BCUT2D eigenvalue weighted by atomic mass is 10.0. The summed E-state index contributed by atoms with van der Waals surface area (Å²) in [6, 6.07) is 31.2. The Morgan fingerprint density at radius 1 is 0.692 bits per heavy atom. The number of benzene rings is 3. The summed E-state index contributed by atoms with van der Waals surface area (Å²) >= 11 is 0. The molecule has 0 aromatic heterocycles. The van der Waals surface area contributed by atoms with Crippen LogP contribution in [0, 0.1) is 6.92 Å². The number of hydrogen-bond acceptors (Lipinski definition) is 0. The van der Waals surface area contributed by atoms with Crippen molar-refractivity contribution >= 4 is 24.7 Å². The van der Waals surface area contributed by atoms with Crippen LogP contribution in [-0.4, -0.2) is 8.80 Å². The number of hydrogen-bond donors (Lipinski definition) is 0. The van der Waals surface area contributed by atoms with E-state index in [1.807, 2.05) is 0 Å². The molecule has 0 amide bonds. The zero-order valence-corrected chi connectivity index (χ0v) is 16.6. The summed E-state index contributed by atoms with van der Waals surface area (Å²) < 4.78 is 0. The van der Waals surface area contributed by atoms with Crippen molar-refractivity contribution in [1.29, 1.82) is 0 Å². The van der Waals surface area contributed by atoms with Crippen LogP contribution < -0.4 is 10.4 Å². The van der Waals surface area contributed by atoms with Crippen molar-refractivity contribution in [3.8, 4) is 0 Å². The Bertz CT molecular complexity index is 926. The minimum atomic E-state index is -1.49. The van der Waals surface area contributed by atoms with E-state index in [2.05, 4.69) is 105 Å². The molecule has 128 valence electrons. The predicted molar refractivity (Wildman–Crippen MR) is 116 cm³/mol. The van der Waals surface area contributed by atoms with Gasteiger partial charge in [-0.2, -0.15) is 0 Å². The summed E-state index contributed by atoms with van der Waals surface area (Å²) in [6.45, 7) is 4.48. The van der Waals surface area contributed by atoms with Gasteiger partial charge in [-0.05, 0) is 36.6 Å². The minimum Gasteiger partial charge on any atom is -0.0773 e. The highest BCUT2D eigenvalue weighted by molar-refractivity contribution is 6.92. The molecule has 0 atom stereocenters. The van der Waals surface area contributed by atoms with Crippen LogP contribution >= 0.6 is 0 Å². The fourth-order valence-corrected chi connectivity index (χ4v) is 7.51. The molecule has 1 aliphatic rings. The summed E-state index contributed by atoms with van der Waals surface area (Å²) in [4.78, 5) is 0. The molecule has 0 saturated heterocycles. The van der Waals surface area contributed by atoms with E-state index in [-0.39, 0.29) is 0 Å². The smallest absolute Gasteiger partial charge is 0.0773 e. The normalized spacial score (nSPS) is 14.0. The zero-order valence-electron chi connectivity index (χ0n) is 15.4. The van der Waals surface area contributed by atoms with Gasteiger partial charge in [0.2, 0.25) is 0 Å². The Morgan fingerprint density at radius 2 is 1.31 bits per heavy atom. The first-order chi connectivity index (χ1) is 12.7. The van der Waals surface area contributed by atoms with E-state index in [1.165, 1.54) is 32.6 Å². The molecule has 0 aliphatic heterocycles. The molecule has 0 saturated carbocycles. The molecule has 0 bridgehead atoms. The van der Waals surface area contributed by atoms with Gasteiger partial charge in [0.15, 0.2) is 0 Å². The zero-order chi connectivity index (χ0) is 17.9. The third kappa shape index (κ3) is 3.23. The van der Waals surface area contributed by atoms with Crippen LogP contribution in [-0.2, 0) is 0 Å². The molecule has 0 unspecified atom stereocenters. The number of aryl methyl sites for hydroxylation is 1. The Labute approximate surface area is 158 Å². The highest BCUT2D eigenvalue weighted by atomic mass is 28.3. The van der Waals surface area contributed by atoms with Crippen molar-refractivity contribution in [2.45, 2.75) is 20.3 Å². The monoisotopic (exact) mass is 352 g/mol. The van der Waals surface area contributed by atoms with Crippen molar-refractivity contribution in [3.05, 3.63) is 113 Å². The molecule has 0 fully saturated rings. The van der Waals surface area contributed by atoms with E-state index in [0.717, 1.165) is 6.42 Å². The second kappa shape index (κ2) is 7.31. The van der Waals surface area contributed by atoms with Crippen LogP contribution in [0.25, 0.3) is 5.57 Å². The molecule has 26 heavy (non-hydrogen) atoms. The van der Waals surface area contributed by atoms with Gasteiger partial charge in [0.1, 0.15) is 8.80 Å².